The van der Waals surface area contributed by atoms with Crippen molar-refractivity contribution in [3.63, 3.8) is 0 Å². The van der Waals surface area contributed by atoms with Crippen LogP contribution in [0, 0.1) is 0 Å². The molecule has 0 unspecified atom stereocenters. The fraction of sp³-hybridized carbons (Fsp3) is 0.481. The molecule has 2 N–H and O–H groups in total. The Morgan fingerprint density at radius 2 is 1.68 bits per heavy atom. The van der Waals surface area contributed by atoms with Gasteiger partial charge in [0, 0.05) is 49.4 Å². The number of carbonyl (C=O) groups excluding carboxylic acids is 2. The molecule has 2 aliphatic heterocycles. The molecule has 7 nitrogen and oxygen atoms in total. The predicted molar refractivity (Wildman–Crippen MR) is 134 cm³/mol. The number of piperazine rings is 1. The number of allylic oxidation sites excluding steroid dienone is 2. The van der Waals surface area contributed by atoms with Crippen molar-refractivity contribution in [2.45, 2.75) is 52.2 Å². The van der Waals surface area contributed by atoms with Crippen LogP contribution < -0.4 is 5.48 Å². The third kappa shape index (κ3) is 6.65. The van der Waals surface area contributed by atoms with Gasteiger partial charge in [-0.15, -0.1) is 0 Å². The zero-order valence-corrected chi connectivity index (χ0v) is 20.7. The molecule has 2 aliphatic rings. The molecule has 0 bridgehead atoms. The lowest BCUT2D eigenvalue weighted by molar-refractivity contribution is -0.134. The lowest BCUT2D eigenvalue weighted by atomic mass is 10.0. The van der Waals surface area contributed by atoms with Crippen LogP contribution in [-0.4, -0.2) is 76.5 Å². The minimum atomic E-state index is -0.518. The van der Waals surface area contributed by atoms with Crippen LogP contribution in [0.1, 0.15) is 49.5 Å². The van der Waals surface area contributed by atoms with E-state index in [0.29, 0.717) is 5.56 Å². The number of hydrogen-bond acceptors (Lipinski definition) is 5. The first kappa shape index (κ1) is 25.9. The van der Waals surface area contributed by atoms with Crippen LogP contribution in [0.25, 0.3) is 0 Å². The minimum Gasteiger partial charge on any atom is -0.331 e. The van der Waals surface area contributed by atoms with Gasteiger partial charge in [0.25, 0.3) is 5.91 Å². The second-order valence-electron chi connectivity index (χ2n) is 9.52. The molecule has 1 aromatic carbocycles. The third-order valence-electron chi connectivity index (χ3n) is 6.70. The molecule has 7 heteroatoms. The van der Waals surface area contributed by atoms with Crippen LogP contribution in [0.2, 0.25) is 0 Å². The van der Waals surface area contributed by atoms with E-state index in [4.69, 9.17) is 5.21 Å². The molecule has 0 aliphatic carbocycles. The van der Waals surface area contributed by atoms with Gasteiger partial charge in [0.2, 0.25) is 5.91 Å². The van der Waals surface area contributed by atoms with E-state index < -0.39 is 5.91 Å². The lowest BCUT2D eigenvalue weighted by Crippen LogP contribution is -2.58. The highest BCUT2D eigenvalue weighted by Gasteiger charge is 2.33. The Hall–Kier alpha value is -2.74. The van der Waals surface area contributed by atoms with Crippen molar-refractivity contribution in [3.8, 4) is 0 Å². The first-order valence-corrected chi connectivity index (χ1v) is 12.1. The second-order valence-corrected chi connectivity index (χ2v) is 9.52. The molecule has 3 rings (SSSR count). The highest BCUT2D eigenvalue weighted by atomic mass is 16.5. The van der Waals surface area contributed by atoms with Crippen molar-refractivity contribution in [3.05, 3.63) is 71.3 Å². The van der Waals surface area contributed by atoms with Gasteiger partial charge in [0.15, 0.2) is 0 Å². The van der Waals surface area contributed by atoms with Gasteiger partial charge < -0.3 is 4.90 Å². The quantitative estimate of drug-likeness (QED) is 0.266. The van der Waals surface area contributed by atoms with Crippen molar-refractivity contribution in [1.82, 2.24) is 20.2 Å². The summed E-state index contributed by atoms with van der Waals surface area (Å²) < 4.78 is 0. The first-order chi connectivity index (χ1) is 16.3. The molecule has 184 valence electrons. The standard InChI is InChI=1S/C27H38N4O3/c1-5-23(18-29-14-6-7-15-29)9-8-20(2)27(33)31-21(3)16-30(17-22(31)4)19-24-10-12-25(13-11-24)26(32)28-34/h5,8-13,21-22,34H,1,6-7,14-19H2,2-4H3,(H,28,32)/b20-8+,23-9+/t21-,22+. The lowest BCUT2D eigenvalue weighted by Gasteiger charge is -2.44. The normalized spacial score (nSPS) is 22.6. The van der Waals surface area contributed by atoms with Crippen molar-refractivity contribution >= 4 is 11.8 Å². The fourth-order valence-corrected chi connectivity index (χ4v) is 4.94. The molecule has 0 radical (unpaired) electrons. The van der Waals surface area contributed by atoms with Gasteiger partial charge in [-0.2, -0.15) is 0 Å². The monoisotopic (exact) mass is 466 g/mol. The molecule has 2 heterocycles. The number of nitrogens with one attached hydrogen (secondary N) is 1. The highest BCUT2D eigenvalue weighted by Crippen LogP contribution is 2.21. The van der Waals surface area contributed by atoms with Crippen LogP contribution in [-0.2, 0) is 11.3 Å². The van der Waals surface area contributed by atoms with Crippen molar-refractivity contribution in [1.29, 1.82) is 0 Å². The summed E-state index contributed by atoms with van der Waals surface area (Å²) in [6.07, 6.45) is 8.37. The minimum absolute atomic E-state index is 0.0832. The Labute approximate surface area is 203 Å². The summed E-state index contributed by atoms with van der Waals surface area (Å²) in [4.78, 5) is 31.5. The summed E-state index contributed by atoms with van der Waals surface area (Å²) in [6.45, 7) is 15.5. The topological polar surface area (TPSA) is 76.1 Å². The van der Waals surface area contributed by atoms with Crippen molar-refractivity contribution < 1.29 is 14.8 Å². The van der Waals surface area contributed by atoms with Gasteiger partial charge in [-0.3, -0.25) is 24.6 Å². The summed E-state index contributed by atoms with van der Waals surface area (Å²) in [6, 6.07) is 7.39. The van der Waals surface area contributed by atoms with Gasteiger partial charge in [0.05, 0.1) is 0 Å². The number of rotatable bonds is 8. The Bertz CT molecular complexity index is 920. The van der Waals surface area contributed by atoms with Crippen molar-refractivity contribution in [2.24, 2.45) is 0 Å². The number of nitrogens with zero attached hydrogens (tertiary/aromatic N) is 3. The Kier molecular flexibility index (Phi) is 9.21. The summed E-state index contributed by atoms with van der Waals surface area (Å²) in [5.74, 6) is -0.435. The number of benzene rings is 1. The molecule has 0 saturated carbocycles. The summed E-state index contributed by atoms with van der Waals surface area (Å²) in [5.41, 5.74) is 5.04. The third-order valence-corrected chi connectivity index (χ3v) is 6.70. The maximum atomic E-state index is 13.3. The van der Waals surface area contributed by atoms with E-state index in [1.54, 1.807) is 17.6 Å². The predicted octanol–water partition coefficient (Wildman–Crippen LogP) is 3.38. The average molecular weight is 467 g/mol. The van der Waals surface area contributed by atoms with Gasteiger partial charge in [0.1, 0.15) is 0 Å². The molecule has 1 aromatic rings. The average Bonchev–Trinajstić information content (AvgIpc) is 3.34. The molecule has 34 heavy (non-hydrogen) atoms. The number of hydroxylamine groups is 1. The molecular formula is C27H38N4O3. The van der Waals surface area contributed by atoms with Crippen LogP contribution in [0.15, 0.2) is 60.2 Å². The maximum absolute atomic E-state index is 13.3. The van der Waals surface area contributed by atoms with E-state index in [2.05, 4.69) is 30.2 Å². The largest absolute Gasteiger partial charge is 0.331 e. The zero-order chi connectivity index (χ0) is 24.7. The molecule has 0 aromatic heterocycles. The molecule has 2 amide bonds. The maximum Gasteiger partial charge on any atom is 0.274 e. The summed E-state index contributed by atoms with van der Waals surface area (Å²) in [5, 5.41) is 8.76. The smallest absolute Gasteiger partial charge is 0.274 e. The van der Waals surface area contributed by atoms with E-state index in [1.165, 1.54) is 12.8 Å². The molecule has 2 atom stereocenters. The van der Waals surface area contributed by atoms with Gasteiger partial charge in [-0.05, 0) is 70.0 Å². The van der Waals surface area contributed by atoms with E-state index >= 15 is 0 Å². The van der Waals surface area contributed by atoms with Gasteiger partial charge in [-0.1, -0.05) is 36.9 Å². The second kappa shape index (κ2) is 12.1. The summed E-state index contributed by atoms with van der Waals surface area (Å²) in [7, 11) is 0. The molecular weight excluding hydrogens is 428 g/mol. The Morgan fingerprint density at radius 1 is 1.06 bits per heavy atom. The Morgan fingerprint density at radius 3 is 2.24 bits per heavy atom. The zero-order valence-electron chi connectivity index (χ0n) is 20.7. The van der Waals surface area contributed by atoms with Crippen LogP contribution in [0.4, 0.5) is 0 Å². The van der Waals surface area contributed by atoms with Crippen LogP contribution in [0.3, 0.4) is 0 Å². The Balaban J connectivity index is 1.59. The van der Waals surface area contributed by atoms with Gasteiger partial charge in [-0.25, -0.2) is 5.48 Å². The number of amides is 2. The number of likely N-dealkylation sites (tertiary alicyclic amines) is 1. The van der Waals surface area contributed by atoms with E-state index in [9.17, 15) is 9.59 Å². The molecule has 2 saturated heterocycles. The van der Waals surface area contributed by atoms with E-state index in [0.717, 1.165) is 56.0 Å². The van der Waals surface area contributed by atoms with Crippen LogP contribution in [0.5, 0.6) is 0 Å². The highest BCUT2D eigenvalue weighted by molar-refractivity contribution is 5.94. The molecule has 0 spiro atoms. The first-order valence-electron chi connectivity index (χ1n) is 12.1. The van der Waals surface area contributed by atoms with Crippen LogP contribution >= 0.6 is 0 Å². The van der Waals surface area contributed by atoms with Crippen molar-refractivity contribution in [2.75, 3.05) is 32.7 Å². The number of carbonyl (C=O) groups is 2. The number of hydrogen-bond donors (Lipinski definition) is 2. The van der Waals surface area contributed by atoms with E-state index in [1.807, 2.05) is 42.2 Å². The van der Waals surface area contributed by atoms with E-state index in [-0.39, 0.29) is 18.0 Å². The fourth-order valence-electron chi connectivity index (χ4n) is 4.94. The van der Waals surface area contributed by atoms with Gasteiger partial charge >= 0.3 is 0 Å². The SMILES string of the molecule is C=C/C(=C\C=C(/C)C(=O)N1[C@H](C)CN(Cc2ccc(C(=O)NO)cc2)C[C@@H]1C)CN1CCCC1. The molecule has 2 fully saturated rings. The summed E-state index contributed by atoms with van der Waals surface area (Å²) >= 11 is 0.